The minimum Gasteiger partial charge on any atom is -0.412 e. The summed E-state index contributed by atoms with van der Waals surface area (Å²) >= 11 is 0. The van der Waals surface area contributed by atoms with Gasteiger partial charge in [0, 0.05) is 11.1 Å². The number of carbonyl (C=O) groups is 2. The van der Waals surface area contributed by atoms with Gasteiger partial charge in [0.15, 0.2) is 0 Å². The van der Waals surface area contributed by atoms with Gasteiger partial charge in [-0.25, -0.2) is 4.39 Å². The summed E-state index contributed by atoms with van der Waals surface area (Å²) in [5.74, 6) is -2.10. The average Bonchev–Trinajstić information content (AvgIpc) is 3.12. The summed E-state index contributed by atoms with van der Waals surface area (Å²) in [7, 11) is 0. The molecule has 2 N–H and O–H groups in total. The fourth-order valence-electron chi connectivity index (χ4n) is 1.99. The molecule has 2 amide bonds. The molecule has 8 heteroatoms. The molecule has 0 unspecified atom stereocenters. The summed E-state index contributed by atoms with van der Waals surface area (Å²) in [6, 6.07) is 12.9. The molecule has 0 radical (unpaired) electrons. The number of benzene rings is 2. The van der Waals surface area contributed by atoms with Gasteiger partial charge in [0.05, 0.1) is 0 Å². The highest BCUT2D eigenvalue weighted by molar-refractivity contribution is 5.97. The largest absolute Gasteiger partial charge is 0.412 e. The predicted molar refractivity (Wildman–Crippen MR) is 85.8 cm³/mol. The first-order chi connectivity index (χ1) is 12.0. The van der Waals surface area contributed by atoms with Crippen LogP contribution in [0.2, 0.25) is 0 Å². The summed E-state index contributed by atoms with van der Waals surface area (Å²) < 4.78 is 18.7. The molecule has 0 saturated heterocycles. The van der Waals surface area contributed by atoms with Crippen LogP contribution in [0.3, 0.4) is 0 Å². The smallest absolute Gasteiger partial charge is 0.327 e. The van der Waals surface area contributed by atoms with E-state index in [0.717, 1.165) is 6.07 Å². The van der Waals surface area contributed by atoms with Crippen LogP contribution < -0.4 is 10.9 Å². The monoisotopic (exact) mass is 340 g/mol. The molecule has 0 fully saturated rings. The molecule has 0 spiro atoms. The van der Waals surface area contributed by atoms with Gasteiger partial charge in [-0.1, -0.05) is 24.3 Å². The zero-order valence-electron chi connectivity index (χ0n) is 13.1. The Hall–Kier alpha value is -3.55. The lowest BCUT2D eigenvalue weighted by atomic mass is 10.1. The Kier molecular flexibility index (Phi) is 4.51. The van der Waals surface area contributed by atoms with Gasteiger partial charge in [0.25, 0.3) is 5.91 Å². The molecule has 0 aliphatic heterocycles. The van der Waals surface area contributed by atoms with Crippen LogP contribution in [0.25, 0.3) is 11.5 Å². The van der Waals surface area contributed by atoms with Crippen molar-refractivity contribution in [1.82, 2.24) is 21.0 Å². The summed E-state index contributed by atoms with van der Waals surface area (Å²) in [4.78, 5) is 23.9. The number of aromatic nitrogens is 2. The van der Waals surface area contributed by atoms with Crippen LogP contribution in [0.4, 0.5) is 4.39 Å². The van der Waals surface area contributed by atoms with Crippen molar-refractivity contribution in [2.24, 2.45) is 0 Å². The molecule has 3 aromatic rings. The highest BCUT2D eigenvalue weighted by atomic mass is 19.1. The molecule has 1 heterocycles. The fourth-order valence-corrected chi connectivity index (χ4v) is 1.99. The van der Waals surface area contributed by atoms with Crippen molar-refractivity contribution in [1.29, 1.82) is 0 Å². The maximum atomic E-state index is 13.5. The SMILES string of the molecule is Cc1ccc(C(=O)NNC(=O)c2nnc(-c3ccccc3)o2)cc1F. The van der Waals surface area contributed by atoms with Crippen LogP contribution in [-0.4, -0.2) is 22.0 Å². The molecule has 2 aromatic carbocycles. The van der Waals surface area contributed by atoms with Crippen LogP contribution in [0, 0.1) is 12.7 Å². The lowest BCUT2D eigenvalue weighted by Gasteiger charge is -2.06. The summed E-state index contributed by atoms with van der Waals surface area (Å²) in [6.45, 7) is 1.58. The standard InChI is InChI=1S/C17H13FN4O3/c1-10-7-8-12(9-13(10)18)14(23)19-20-15(24)17-22-21-16(25-17)11-5-3-2-4-6-11/h2-9H,1H3,(H,19,23)(H,20,24). The Labute approximate surface area is 141 Å². The lowest BCUT2D eigenvalue weighted by molar-refractivity contribution is 0.0827. The van der Waals surface area contributed by atoms with E-state index in [9.17, 15) is 14.0 Å². The topological polar surface area (TPSA) is 97.1 Å². The van der Waals surface area contributed by atoms with Gasteiger partial charge < -0.3 is 4.42 Å². The van der Waals surface area contributed by atoms with Crippen molar-refractivity contribution in [3.05, 3.63) is 71.4 Å². The molecule has 0 aliphatic carbocycles. The molecular weight excluding hydrogens is 327 g/mol. The second-order valence-electron chi connectivity index (χ2n) is 5.15. The van der Waals surface area contributed by atoms with E-state index in [1.165, 1.54) is 12.1 Å². The third kappa shape index (κ3) is 3.69. The fraction of sp³-hybridized carbons (Fsp3) is 0.0588. The normalized spacial score (nSPS) is 10.3. The van der Waals surface area contributed by atoms with E-state index >= 15 is 0 Å². The van der Waals surface area contributed by atoms with Crippen LogP contribution >= 0.6 is 0 Å². The van der Waals surface area contributed by atoms with E-state index in [0.29, 0.717) is 11.1 Å². The molecule has 7 nitrogen and oxygen atoms in total. The van der Waals surface area contributed by atoms with E-state index < -0.39 is 17.6 Å². The third-order valence-corrected chi connectivity index (χ3v) is 3.36. The number of hydrazine groups is 1. The Morgan fingerprint density at radius 2 is 1.72 bits per heavy atom. The first-order valence-electron chi connectivity index (χ1n) is 7.30. The first-order valence-corrected chi connectivity index (χ1v) is 7.30. The van der Waals surface area contributed by atoms with E-state index in [-0.39, 0.29) is 17.3 Å². The summed E-state index contributed by atoms with van der Waals surface area (Å²) in [5, 5.41) is 7.40. The van der Waals surface area contributed by atoms with Crippen molar-refractivity contribution >= 4 is 11.8 Å². The van der Waals surface area contributed by atoms with Crippen LogP contribution in [-0.2, 0) is 0 Å². The number of hydrogen-bond acceptors (Lipinski definition) is 5. The number of rotatable bonds is 3. The van der Waals surface area contributed by atoms with Crippen molar-refractivity contribution in [3.63, 3.8) is 0 Å². The molecule has 3 rings (SSSR count). The zero-order valence-corrected chi connectivity index (χ0v) is 13.1. The van der Waals surface area contributed by atoms with Gasteiger partial charge in [-0.3, -0.25) is 20.4 Å². The Morgan fingerprint density at radius 1 is 1.00 bits per heavy atom. The van der Waals surface area contributed by atoms with Gasteiger partial charge in [0.1, 0.15) is 5.82 Å². The second-order valence-corrected chi connectivity index (χ2v) is 5.15. The zero-order chi connectivity index (χ0) is 17.8. The predicted octanol–water partition coefficient (Wildman–Crippen LogP) is 2.26. The molecular formula is C17H13FN4O3. The van der Waals surface area contributed by atoms with E-state index in [1.807, 2.05) is 6.07 Å². The third-order valence-electron chi connectivity index (χ3n) is 3.36. The molecule has 25 heavy (non-hydrogen) atoms. The van der Waals surface area contributed by atoms with E-state index in [2.05, 4.69) is 21.0 Å². The molecule has 0 saturated carbocycles. The molecule has 0 aliphatic rings. The van der Waals surface area contributed by atoms with E-state index in [4.69, 9.17) is 4.42 Å². The summed E-state index contributed by atoms with van der Waals surface area (Å²) in [6.07, 6.45) is 0. The minimum atomic E-state index is -0.782. The Balaban J connectivity index is 1.64. The minimum absolute atomic E-state index is 0.0684. The van der Waals surface area contributed by atoms with Crippen molar-refractivity contribution in [2.45, 2.75) is 6.92 Å². The maximum Gasteiger partial charge on any atom is 0.327 e. The Bertz CT molecular complexity index is 925. The lowest BCUT2D eigenvalue weighted by Crippen LogP contribution is -2.41. The van der Waals surface area contributed by atoms with Gasteiger partial charge in [-0.05, 0) is 36.8 Å². The average molecular weight is 340 g/mol. The molecule has 0 atom stereocenters. The molecule has 126 valence electrons. The number of hydrogen-bond donors (Lipinski definition) is 2. The number of nitrogens with zero attached hydrogens (tertiary/aromatic N) is 2. The quantitative estimate of drug-likeness (QED) is 0.713. The number of nitrogens with one attached hydrogen (secondary N) is 2. The van der Waals surface area contributed by atoms with Gasteiger partial charge in [0.2, 0.25) is 5.89 Å². The van der Waals surface area contributed by atoms with Crippen molar-refractivity contribution in [3.8, 4) is 11.5 Å². The summed E-state index contributed by atoms with van der Waals surface area (Å²) in [5.41, 5.74) is 5.44. The molecule has 1 aromatic heterocycles. The maximum absolute atomic E-state index is 13.5. The van der Waals surface area contributed by atoms with E-state index in [1.54, 1.807) is 31.2 Å². The van der Waals surface area contributed by atoms with Crippen LogP contribution in [0.1, 0.15) is 26.6 Å². The van der Waals surface area contributed by atoms with Crippen LogP contribution in [0.5, 0.6) is 0 Å². The molecule has 0 bridgehead atoms. The van der Waals surface area contributed by atoms with Crippen molar-refractivity contribution in [2.75, 3.05) is 0 Å². The highest BCUT2D eigenvalue weighted by Gasteiger charge is 2.17. The number of carbonyl (C=O) groups excluding carboxylic acids is 2. The highest BCUT2D eigenvalue weighted by Crippen LogP contribution is 2.16. The number of aryl methyl sites for hydroxylation is 1. The Morgan fingerprint density at radius 3 is 2.44 bits per heavy atom. The number of halogens is 1. The second kappa shape index (κ2) is 6.91. The van der Waals surface area contributed by atoms with Crippen molar-refractivity contribution < 1.29 is 18.4 Å². The van der Waals surface area contributed by atoms with Gasteiger partial charge in [-0.2, -0.15) is 0 Å². The van der Waals surface area contributed by atoms with Gasteiger partial charge in [-0.15, -0.1) is 10.2 Å². The van der Waals surface area contributed by atoms with Gasteiger partial charge >= 0.3 is 11.8 Å². The number of amides is 2. The first kappa shape index (κ1) is 16.3. The van der Waals surface area contributed by atoms with Crippen LogP contribution in [0.15, 0.2) is 52.9 Å².